The second kappa shape index (κ2) is 6.98. The van der Waals surface area contributed by atoms with Gasteiger partial charge in [-0.25, -0.2) is 13.1 Å². The minimum absolute atomic E-state index is 0.120. The van der Waals surface area contributed by atoms with Gasteiger partial charge in [-0.3, -0.25) is 5.84 Å². The molecule has 1 aromatic carbocycles. The third-order valence-corrected chi connectivity index (χ3v) is 5.05. The summed E-state index contributed by atoms with van der Waals surface area (Å²) in [5.74, 6) is 7.02. The van der Waals surface area contributed by atoms with Gasteiger partial charge in [0.1, 0.15) is 4.90 Å². The molecule has 7 heteroatoms. The zero-order valence-corrected chi connectivity index (χ0v) is 12.1. The maximum Gasteiger partial charge on any atom is 0.242 e. The number of rotatable bonds is 7. The summed E-state index contributed by atoms with van der Waals surface area (Å²) in [7, 11) is -3.54. The lowest BCUT2D eigenvalue weighted by Crippen LogP contribution is -2.34. The Bertz CT molecular complexity index is 477. The maximum absolute atomic E-state index is 12.2. The van der Waals surface area contributed by atoms with Gasteiger partial charge in [-0.2, -0.15) is 11.8 Å². The summed E-state index contributed by atoms with van der Waals surface area (Å²) in [6.45, 7) is 3.89. The van der Waals surface area contributed by atoms with Crippen molar-refractivity contribution in [1.82, 2.24) is 4.72 Å². The van der Waals surface area contributed by atoms with Gasteiger partial charge in [0, 0.05) is 11.8 Å². The lowest BCUT2D eigenvalue weighted by molar-refractivity contribution is 0.571. The molecular formula is C11H19N3O2S2. The van der Waals surface area contributed by atoms with Crippen molar-refractivity contribution in [2.45, 2.75) is 24.8 Å². The van der Waals surface area contributed by atoms with Gasteiger partial charge in [-0.1, -0.05) is 19.1 Å². The van der Waals surface area contributed by atoms with Gasteiger partial charge in [0.25, 0.3) is 0 Å². The largest absolute Gasteiger partial charge is 0.323 e. The average molecular weight is 289 g/mol. The van der Waals surface area contributed by atoms with Gasteiger partial charge >= 0.3 is 0 Å². The topological polar surface area (TPSA) is 84.2 Å². The fraction of sp³-hybridized carbons (Fsp3) is 0.455. The van der Waals surface area contributed by atoms with Crippen LogP contribution in [0.1, 0.15) is 13.8 Å². The number of sulfonamides is 1. The lowest BCUT2D eigenvalue weighted by atomic mass is 10.3. The Balaban J connectivity index is 2.86. The molecule has 0 aliphatic carbocycles. The van der Waals surface area contributed by atoms with Crippen molar-refractivity contribution in [2.75, 3.05) is 16.9 Å². The van der Waals surface area contributed by atoms with Crippen LogP contribution < -0.4 is 16.0 Å². The fourth-order valence-electron chi connectivity index (χ4n) is 1.48. The number of anilines is 1. The van der Waals surface area contributed by atoms with Crippen LogP contribution in [-0.4, -0.2) is 26.0 Å². The molecule has 102 valence electrons. The molecule has 0 radical (unpaired) electrons. The van der Waals surface area contributed by atoms with E-state index >= 15 is 0 Å². The van der Waals surface area contributed by atoms with Crippen LogP contribution in [0.25, 0.3) is 0 Å². The second-order valence-corrected chi connectivity index (χ2v) is 6.82. The third kappa shape index (κ3) is 4.16. The van der Waals surface area contributed by atoms with E-state index in [4.69, 9.17) is 5.84 Å². The molecule has 0 amide bonds. The van der Waals surface area contributed by atoms with Crippen LogP contribution in [0.4, 0.5) is 5.69 Å². The summed E-state index contributed by atoms with van der Waals surface area (Å²) in [5, 5.41) is 0. The molecule has 1 aromatic rings. The number of para-hydroxylation sites is 1. The molecule has 0 saturated carbocycles. The second-order valence-electron chi connectivity index (χ2n) is 3.82. The molecule has 0 heterocycles. The first-order chi connectivity index (χ1) is 8.51. The van der Waals surface area contributed by atoms with E-state index < -0.39 is 10.0 Å². The highest BCUT2D eigenvalue weighted by Crippen LogP contribution is 2.20. The highest BCUT2D eigenvalue weighted by atomic mass is 32.2. The fourth-order valence-corrected chi connectivity index (χ4v) is 3.67. The van der Waals surface area contributed by atoms with E-state index in [9.17, 15) is 8.42 Å². The number of nitrogens with two attached hydrogens (primary N) is 1. The van der Waals surface area contributed by atoms with Gasteiger partial charge in [-0.15, -0.1) is 0 Å². The van der Waals surface area contributed by atoms with Crippen LogP contribution in [0.2, 0.25) is 0 Å². The van der Waals surface area contributed by atoms with Crippen LogP contribution in [0.5, 0.6) is 0 Å². The normalized spacial score (nSPS) is 13.3. The summed E-state index contributed by atoms with van der Waals surface area (Å²) in [4.78, 5) is 0.167. The first-order valence-corrected chi connectivity index (χ1v) is 8.30. The van der Waals surface area contributed by atoms with E-state index in [1.807, 2.05) is 13.8 Å². The Morgan fingerprint density at radius 1 is 1.39 bits per heavy atom. The number of nitrogen functional groups attached to an aromatic ring is 1. The molecule has 4 N–H and O–H groups in total. The van der Waals surface area contributed by atoms with Crippen LogP contribution in [0, 0.1) is 0 Å². The molecule has 0 aliphatic rings. The monoisotopic (exact) mass is 289 g/mol. The van der Waals surface area contributed by atoms with Crippen LogP contribution in [0.3, 0.4) is 0 Å². The van der Waals surface area contributed by atoms with Gasteiger partial charge in [-0.05, 0) is 24.8 Å². The average Bonchev–Trinajstić information content (AvgIpc) is 2.35. The lowest BCUT2D eigenvalue weighted by Gasteiger charge is -2.15. The van der Waals surface area contributed by atoms with E-state index in [-0.39, 0.29) is 10.9 Å². The minimum Gasteiger partial charge on any atom is -0.323 e. The summed E-state index contributed by atoms with van der Waals surface area (Å²) in [5.41, 5.74) is 2.78. The first kappa shape index (κ1) is 15.3. The van der Waals surface area contributed by atoms with Crippen molar-refractivity contribution in [1.29, 1.82) is 0 Å². The number of hydrogen-bond acceptors (Lipinski definition) is 5. The highest BCUT2D eigenvalue weighted by molar-refractivity contribution is 7.99. The van der Waals surface area contributed by atoms with Gasteiger partial charge in [0.15, 0.2) is 0 Å². The molecule has 0 saturated heterocycles. The summed E-state index contributed by atoms with van der Waals surface area (Å²) in [6, 6.07) is 6.42. The van der Waals surface area contributed by atoms with Crippen molar-refractivity contribution in [3.63, 3.8) is 0 Å². The SMILES string of the molecule is CCSCC(C)NS(=O)(=O)c1ccccc1NN. The van der Waals surface area contributed by atoms with Crippen molar-refractivity contribution in [3.8, 4) is 0 Å². The third-order valence-electron chi connectivity index (χ3n) is 2.26. The molecule has 1 unspecified atom stereocenters. The number of hydrogen-bond donors (Lipinski definition) is 3. The minimum atomic E-state index is -3.54. The number of nitrogens with one attached hydrogen (secondary N) is 2. The van der Waals surface area contributed by atoms with E-state index in [1.165, 1.54) is 6.07 Å². The molecule has 1 atom stereocenters. The Kier molecular flexibility index (Phi) is 5.94. The smallest absolute Gasteiger partial charge is 0.242 e. The summed E-state index contributed by atoms with van der Waals surface area (Å²) in [6.07, 6.45) is 0. The zero-order chi connectivity index (χ0) is 13.6. The van der Waals surface area contributed by atoms with Crippen LogP contribution >= 0.6 is 11.8 Å². The summed E-state index contributed by atoms with van der Waals surface area (Å²) >= 11 is 1.69. The molecule has 0 aromatic heterocycles. The summed E-state index contributed by atoms with van der Waals surface area (Å²) < 4.78 is 27.0. The van der Waals surface area contributed by atoms with Gasteiger partial charge < -0.3 is 5.43 Å². The molecule has 18 heavy (non-hydrogen) atoms. The standard InChI is InChI=1S/C11H19N3O2S2/c1-3-17-8-9(2)14-18(15,16)11-7-5-4-6-10(11)13-12/h4-7,9,13-14H,3,8,12H2,1-2H3. The van der Waals surface area contributed by atoms with Crippen molar-refractivity contribution < 1.29 is 8.42 Å². The Morgan fingerprint density at radius 3 is 2.67 bits per heavy atom. The van der Waals surface area contributed by atoms with E-state index in [1.54, 1.807) is 30.0 Å². The van der Waals surface area contributed by atoms with Crippen molar-refractivity contribution in [3.05, 3.63) is 24.3 Å². The Morgan fingerprint density at radius 2 is 2.06 bits per heavy atom. The number of hydrazine groups is 1. The van der Waals surface area contributed by atoms with E-state index in [0.29, 0.717) is 5.69 Å². The maximum atomic E-state index is 12.2. The zero-order valence-electron chi connectivity index (χ0n) is 10.5. The molecule has 0 spiro atoms. The molecule has 1 rings (SSSR count). The Hall–Kier alpha value is -0.760. The van der Waals surface area contributed by atoms with Crippen LogP contribution in [0.15, 0.2) is 29.2 Å². The van der Waals surface area contributed by atoms with Gasteiger partial charge in [0.2, 0.25) is 10.0 Å². The quantitative estimate of drug-likeness (QED) is 0.522. The van der Waals surface area contributed by atoms with Crippen molar-refractivity contribution in [2.24, 2.45) is 5.84 Å². The Labute approximate surface area is 113 Å². The molecular weight excluding hydrogens is 270 g/mol. The first-order valence-electron chi connectivity index (χ1n) is 5.67. The van der Waals surface area contributed by atoms with E-state index in [2.05, 4.69) is 10.1 Å². The van der Waals surface area contributed by atoms with Crippen LogP contribution in [-0.2, 0) is 10.0 Å². The number of benzene rings is 1. The molecule has 0 fully saturated rings. The van der Waals surface area contributed by atoms with E-state index in [0.717, 1.165) is 11.5 Å². The molecule has 5 nitrogen and oxygen atoms in total. The molecule has 0 aliphatic heterocycles. The highest BCUT2D eigenvalue weighted by Gasteiger charge is 2.20. The molecule has 0 bridgehead atoms. The predicted molar refractivity (Wildman–Crippen MR) is 77.0 cm³/mol. The van der Waals surface area contributed by atoms with Gasteiger partial charge in [0.05, 0.1) is 5.69 Å². The van der Waals surface area contributed by atoms with Crippen molar-refractivity contribution >= 4 is 27.5 Å². The number of thioether (sulfide) groups is 1. The predicted octanol–water partition coefficient (Wildman–Crippen LogP) is 1.39.